The highest BCUT2D eigenvalue weighted by Crippen LogP contribution is 2.32. The van der Waals surface area contributed by atoms with E-state index in [4.69, 9.17) is 0 Å². The molecule has 2 aromatic rings. The average Bonchev–Trinajstić information content (AvgIpc) is 2.52. The highest BCUT2D eigenvalue weighted by molar-refractivity contribution is 5.88. The lowest BCUT2D eigenvalue weighted by molar-refractivity contribution is 0.360. The molecule has 0 fully saturated rings. The van der Waals surface area contributed by atoms with E-state index in [9.17, 15) is 0 Å². The van der Waals surface area contributed by atoms with E-state index >= 15 is 0 Å². The highest BCUT2D eigenvalue weighted by Gasteiger charge is 2.27. The van der Waals surface area contributed by atoms with E-state index < -0.39 is 0 Å². The molecule has 1 aromatic heterocycles. The van der Waals surface area contributed by atoms with E-state index in [-0.39, 0.29) is 5.54 Å². The fourth-order valence-corrected chi connectivity index (χ4v) is 3.03. The number of nitrogens with one attached hydrogen (secondary N) is 2. The maximum absolute atomic E-state index is 3.61. The molecule has 2 nitrogen and oxygen atoms in total. The number of aromatic nitrogens is 1. The minimum absolute atomic E-state index is 0.205. The van der Waals surface area contributed by atoms with Gasteiger partial charge in [0.2, 0.25) is 0 Å². The summed E-state index contributed by atoms with van der Waals surface area (Å²) >= 11 is 0. The van der Waals surface area contributed by atoms with E-state index in [0.29, 0.717) is 0 Å². The molecule has 1 aliphatic rings. The zero-order valence-electron chi connectivity index (χ0n) is 11.1. The molecule has 2 N–H and O–H groups in total. The van der Waals surface area contributed by atoms with Gasteiger partial charge in [-0.05, 0) is 50.5 Å². The van der Waals surface area contributed by atoms with E-state index in [2.05, 4.69) is 50.1 Å². The molecule has 0 aliphatic carbocycles. The summed E-state index contributed by atoms with van der Waals surface area (Å²) in [6.45, 7) is 9.88. The van der Waals surface area contributed by atoms with Gasteiger partial charge in [0.05, 0.1) is 0 Å². The summed E-state index contributed by atoms with van der Waals surface area (Å²) in [5, 5.41) is 5.04. The quantitative estimate of drug-likeness (QED) is 0.712. The molecule has 90 valence electrons. The highest BCUT2D eigenvalue weighted by atomic mass is 15.0. The van der Waals surface area contributed by atoms with Crippen molar-refractivity contribution in [1.82, 2.24) is 10.3 Å². The van der Waals surface area contributed by atoms with Crippen LogP contribution in [0.15, 0.2) is 12.1 Å². The van der Waals surface area contributed by atoms with E-state index in [1.165, 1.54) is 33.3 Å². The second kappa shape index (κ2) is 3.36. The van der Waals surface area contributed by atoms with Crippen LogP contribution in [-0.2, 0) is 13.0 Å². The summed E-state index contributed by atoms with van der Waals surface area (Å²) in [6.07, 6.45) is 1.08. The summed E-state index contributed by atoms with van der Waals surface area (Å²) in [5.41, 5.74) is 7.11. The monoisotopic (exact) mass is 228 g/mol. The molecule has 2 heterocycles. The van der Waals surface area contributed by atoms with Gasteiger partial charge in [-0.2, -0.15) is 0 Å². The molecule has 0 bridgehead atoms. The predicted octanol–water partition coefficient (Wildman–Crippen LogP) is 3.21. The van der Waals surface area contributed by atoms with Crippen LogP contribution in [0.3, 0.4) is 0 Å². The average molecular weight is 228 g/mol. The van der Waals surface area contributed by atoms with E-state index in [1.807, 2.05) is 0 Å². The van der Waals surface area contributed by atoms with Gasteiger partial charge < -0.3 is 10.3 Å². The zero-order chi connectivity index (χ0) is 12.2. The number of aromatic amines is 1. The molecule has 0 amide bonds. The van der Waals surface area contributed by atoms with Crippen molar-refractivity contribution in [2.24, 2.45) is 0 Å². The molecule has 17 heavy (non-hydrogen) atoms. The van der Waals surface area contributed by atoms with Crippen LogP contribution in [0.25, 0.3) is 10.9 Å². The van der Waals surface area contributed by atoms with Crippen LogP contribution in [0, 0.1) is 13.8 Å². The third-order valence-corrected chi connectivity index (χ3v) is 3.79. The number of hydrogen-bond donors (Lipinski definition) is 2. The van der Waals surface area contributed by atoms with Crippen molar-refractivity contribution in [2.75, 3.05) is 0 Å². The van der Waals surface area contributed by atoms with Gasteiger partial charge in [-0.25, -0.2) is 0 Å². The lowest BCUT2D eigenvalue weighted by Crippen LogP contribution is -2.44. The Morgan fingerprint density at radius 3 is 2.71 bits per heavy atom. The SMILES string of the molecule is Cc1cc(C)c2c3c([nH]c2c1)CC(C)(C)NC3. The Bertz CT molecular complexity index is 590. The summed E-state index contributed by atoms with van der Waals surface area (Å²) < 4.78 is 0. The van der Waals surface area contributed by atoms with Gasteiger partial charge in [0, 0.05) is 35.1 Å². The van der Waals surface area contributed by atoms with Crippen LogP contribution >= 0.6 is 0 Å². The summed E-state index contributed by atoms with van der Waals surface area (Å²) in [7, 11) is 0. The number of aryl methyl sites for hydroxylation is 2. The second-order valence-electron chi connectivity index (χ2n) is 6.00. The Balaban J connectivity index is 2.26. The molecule has 0 radical (unpaired) electrons. The first-order chi connectivity index (χ1) is 7.96. The predicted molar refractivity (Wildman–Crippen MR) is 72.4 cm³/mol. The number of H-pyrrole nitrogens is 1. The van der Waals surface area contributed by atoms with Gasteiger partial charge in [0.15, 0.2) is 0 Å². The van der Waals surface area contributed by atoms with E-state index in [0.717, 1.165) is 13.0 Å². The van der Waals surface area contributed by atoms with Crippen molar-refractivity contribution >= 4 is 10.9 Å². The van der Waals surface area contributed by atoms with Gasteiger partial charge in [-0.15, -0.1) is 0 Å². The summed E-state index contributed by atoms with van der Waals surface area (Å²) in [4.78, 5) is 3.61. The third-order valence-electron chi connectivity index (χ3n) is 3.79. The van der Waals surface area contributed by atoms with Crippen LogP contribution in [0.5, 0.6) is 0 Å². The van der Waals surface area contributed by atoms with Gasteiger partial charge in [0.1, 0.15) is 0 Å². The lowest BCUT2D eigenvalue weighted by atomic mass is 9.90. The third kappa shape index (κ3) is 1.67. The molecular weight excluding hydrogens is 208 g/mol. The van der Waals surface area contributed by atoms with Gasteiger partial charge in [-0.1, -0.05) is 6.07 Å². The molecule has 0 unspecified atom stereocenters. The van der Waals surface area contributed by atoms with Crippen LogP contribution in [0.1, 0.15) is 36.2 Å². The van der Waals surface area contributed by atoms with Crippen molar-refractivity contribution in [3.05, 3.63) is 34.5 Å². The molecule has 0 saturated carbocycles. The zero-order valence-corrected chi connectivity index (χ0v) is 11.1. The van der Waals surface area contributed by atoms with Crippen molar-refractivity contribution in [3.8, 4) is 0 Å². The number of fused-ring (bicyclic) bond motifs is 3. The lowest BCUT2D eigenvalue weighted by Gasteiger charge is -2.31. The Morgan fingerprint density at radius 1 is 1.18 bits per heavy atom. The van der Waals surface area contributed by atoms with Crippen molar-refractivity contribution in [1.29, 1.82) is 0 Å². The van der Waals surface area contributed by atoms with Crippen molar-refractivity contribution in [2.45, 2.75) is 46.2 Å². The normalized spacial score (nSPS) is 18.4. The summed E-state index contributed by atoms with van der Waals surface area (Å²) in [5.74, 6) is 0. The largest absolute Gasteiger partial charge is 0.358 e. The Hall–Kier alpha value is -1.28. The molecule has 2 heteroatoms. The molecule has 1 aliphatic heterocycles. The molecule has 1 aromatic carbocycles. The topological polar surface area (TPSA) is 27.8 Å². The Morgan fingerprint density at radius 2 is 1.94 bits per heavy atom. The second-order valence-corrected chi connectivity index (χ2v) is 6.00. The molecular formula is C15H20N2. The standard InChI is InChI=1S/C15H20N2/c1-9-5-10(2)14-11-8-16-15(3,4)7-13(11)17-12(14)6-9/h5-6,16-17H,7-8H2,1-4H3. The number of benzene rings is 1. The Kier molecular flexibility index (Phi) is 2.14. The van der Waals surface area contributed by atoms with Gasteiger partial charge in [0.25, 0.3) is 0 Å². The first-order valence-electron chi connectivity index (χ1n) is 6.32. The minimum atomic E-state index is 0.205. The minimum Gasteiger partial charge on any atom is -0.358 e. The van der Waals surface area contributed by atoms with E-state index in [1.54, 1.807) is 0 Å². The van der Waals surface area contributed by atoms with Crippen molar-refractivity contribution in [3.63, 3.8) is 0 Å². The molecule has 0 saturated heterocycles. The fourth-order valence-electron chi connectivity index (χ4n) is 3.03. The van der Waals surface area contributed by atoms with Gasteiger partial charge >= 0.3 is 0 Å². The van der Waals surface area contributed by atoms with Crippen LogP contribution in [0.2, 0.25) is 0 Å². The van der Waals surface area contributed by atoms with Crippen LogP contribution in [0.4, 0.5) is 0 Å². The maximum Gasteiger partial charge on any atom is 0.0464 e. The summed E-state index contributed by atoms with van der Waals surface area (Å²) in [6, 6.07) is 4.53. The number of hydrogen-bond acceptors (Lipinski definition) is 1. The molecule has 0 atom stereocenters. The first-order valence-corrected chi connectivity index (χ1v) is 6.32. The smallest absolute Gasteiger partial charge is 0.0464 e. The van der Waals surface area contributed by atoms with Crippen LogP contribution < -0.4 is 5.32 Å². The fraction of sp³-hybridized carbons (Fsp3) is 0.467. The van der Waals surface area contributed by atoms with Crippen LogP contribution in [-0.4, -0.2) is 10.5 Å². The van der Waals surface area contributed by atoms with Gasteiger partial charge in [-0.3, -0.25) is 0 Å². The van der Waals surface area contributed by atoms with Crippen molar-refractivity contribution < 1.29 is 0 Å². The molecule has 0 spiro atoms. The first kappa shape index (κ1) is 10.8. The Labute approximate surface area is 102 Å². The molecule has 3 rings (SSSR count). The maximum atomic E-state index is 3.61. The number of rotatable bonds is 0.